The molecule has 11 nitrogen and oxygen atoms in total. The monoisotopic (exact) mass is 358 g/mol. The van der Waals surface area contributed by atoms with Gasteiger partial charge in [-0.25, -0.2) is 9.59 Å². The molecule has 0 aliphatic carbocycles. The van der Waals surface area contributed by atoms with Crippen molar-refractivity contribution in [1.29, 1.82) is 0 Å². The van der Waals surface area contributed by atoms with Gasteiger partial charge in [0, 0.05) is 25.7 Å². The second kappa shape index (κ2) is 8.53. The molecule has 138 valence electrons. The van der Waals surface area contributed by atoms with E-state index in [0.29, 0.717) is 10.1 Å². The van der Waals surface area contributed by atoms with Gasteiger partial charge in [0.2, 0.25) is 0 Å². The van der Waals surface area contributed by atoms with Crippen LogP contribution in [0.1, 0.15) is 38.5 Å². The van der Waals surface area contributed by atoms with Gasteiger partial charge in [0.1, 0.15) is 0 Å². The number of rotatable bonds is 8. The standard InChI is InChI=1S/C14H18N2O9/c17-9-1-2-10(18)15(9)24-13(21)5-7-23-8-6-14(22)25-16-11(19)3-4-12(16)20/h9,17H,1-8H2. The summed E-state index contributed by atoms with van der Waals surface area (Å²) in [5.74, 6) is -3.18. The Labute approximate surface area is 142 Å². The van der Waals surface area contributed by atoms with E-state index in [2.05, 4.69) is 4.84 Å². The molecule has 0 aromatic heterocycles. The van der Waals surface area contributed by atoms with Crippen LogP contribution in [0.25, 0.3) is 0 Å². The molecule has 3 amide bonds. The minimum atomic E-state index is -1.14. The Morgan fingerprint density at radius 3 is 2.00 bits per heavy atom. The Hall–Kier alpha value is -2.53. The number of amides is 3. The van der Waals surface area contributed by atoms with Gasteiger partial charge in [-0.05, 0) is 0 Å². The van der Waals surface area contributed by atoms with Crippen LogP contribution in [0.15, 0.2) is 0 Å². The van der Waals surface area contributed by atoms with Crippen LogP contribution in [0.3, 0.4) is 0 Å². The zero-order chi connectivity index (χ0) is 18.4. The van der Waals surface area contributed by atoms with E-state index in [1.807, 2.05) is 0 Å². The fourth-order valence-corrected chi connectivity index (χ4v) is 2.13. The van der Waals surface area contributed by atoms with Gasteiger partial charge < -0.3 is 19.5 Å². The Kier molecular flexibility index (Phi) is 6.42. The summed E-state index contributed by atoms with van der Waals surface area (Å²) in [7, 11) is 0. The summed E-state index contributed by atoms with van der Waals surface area (Å²) in [5, 5.41) is 10.5. The van der Waals surface area contributed by atoms with Gasteiger partial charge in [-0.2, -0.15) is 0 Å². The third-order valence-electron chi connectivity index (χ3n) is 3.43. The second-order valence-corrected chi connectivity index (χ2v) is 5.36. The number of imide groups is 1. The third-order valence-corrected chi connectivity index (χ3v) is 3.43. The molecule has 0 saturated carbocycles. The van der Waals surface area contributed by atoms with Crippen molar-refractivity contribution in [2.75, 3.05) is 13.2 Å². The van der Waals surface area contributed by atoms with Crippen LogP contribution in [-0.2, 0) is 38.4 Å². The Morgan fingerprint density at radius 1 is 0.920 bits per heavy atom. The van der Waals surface area contributed by atoms with Gasteiger partial charge >= 0.3 is 11.9 Å². The summed E-state index contributed by atoms with van der Waals surface area (Å²) < 4.78 is 5.06. The fourth-order valence-electron chi connectivity index (χ4n) is 2.13. The van der Waals surface area contributed by atoms with Crippen LogP contribution in [0.4, 0.5) is 0 Å². The van der Waals surface area contributed by atoms with Gasteiger partial charge in [0.05, 0.1) is 26.1 Å². The minimum Gasteiger partial charge on any atom is -0.380 e. The van der Waals surface area contributed by atoms with Crippen molar-refractivity contribution >= 4 is 29.7 Å². The molecular weight excluding hydrogens is 340 g/mol. The van der Waals surface area contributed by atoms with Gasteiger partial charge in [0.15, 0.2) is 6.23 Å². The maximum atomic E-state index is 11.5. The smallest absolute Gasteiger partial charge is 0.335 e. The Balaban J connectivity index is 1.56. The Bertz CT molecular complexity index is 561. The summed E-state index contributed by atoms with van der Waals surface area (Å²) in [6.45, 7) is -0.167. The van der Waals surface area contributed by atoms with Gasteiger partial charge in [-0.3, -0.25) is 14.4 Å². The molecule has 25 heavy (non-hydrogen) atoms. The predicted molar refractivity (Wildman–Crippen MR) is 75.4 cm³/mol. The van der Waals surface area contributed by atoms with Crippen molar-refractivity contribution in [3.8, 4) is 0 Å². The van der Waals surface area contributed by atoms with E-state index in [1.54, 1.807) is 0 Å². The van der Waals surface area contributed by atoms with Crippen LogP contribution < -0.4 is 0 Å². The van der Waals surface area contributed by atoms with Crippen LogP contribution in [0.5, 0.6) is 0 Å². The summed E-state index contributed by atoms with van der Waals surface area (Å²) >= 11 is 0. The summed E-state index contributed by atoms with van der Waals surface area (Å²) in [6, 6.07) is 0. The van der Waals surface area contributed by atoms with Crippen LogP contribution in [0, 0.1) is 0 Å². The predicted octanol–water partition coefficient (Wildman–Crippen LogP) is -1.21. The molecule has 0 bridgehead atoms. The molecule has 1 N–H and O–H groups in total. The molecule has 0 aromatic rings. The topological polar surface area (TPSA) is 140 Å². The first kappa shape index (κ1) is 18.8. The zero-order valence-electron chi connectivity index (χ0n) is 13.3. The zero-order valence-corrected chi connectivity index (χ0v) is 13.3. The normalized spacial score (nSPS) is 20.4. The van der Waals surface area contributed by atoms with Crippen molar-refractivity contribution in [2.24, 2.45) is 0 Å². The van der Waals surface area contributed by atoms with E-state index < -0.39 is 35.9 Å². The van der Waals surface area contributed by atoms with Crippen molar-refractivity contribution in [3.63, 3.8) is 0 Å². The molecule has 1 atom stereocenters. The van der Waals surface area contributed by atoms with Crippen molar-refractivity contribution in [3.05, 3.63) is 0 Å². The number of aliphatic hydroxyl groups excluding tert-OH is 1. The number of carbonyl (C=O) groups excluding carboxylic acids is 5. The Morgan fingerprint density at radius 2 is 1.48 bits per heavy atom. The summed E-state index contributed by atoms with van der Waals surface area (Å²) in [6.07, 6.45) is -1.20. The van der Waals surface area contributed by atoms with Crippen molar-refractivity contribution < 1.29 is 43.5 Å². The number of aliphatic hydroxyl groups is 1. The van der Waals surface area contributed by atoms with E-state index in [9.17, 15) is 29.1 Å². The fraction of sp³-hybridized carbons (Fsp3) is 0.643. The highest BCUT2D eigenvalue weighted by molar-refractivity contribution is 6.01. The largest absolute Gasteiger partial charge is 0.380 e. The molecule has 11 heteroatoms. The highest BCUT2D eigenvalue weighted by Gasteiger charge is 2.33. The van der Waals surface area contributed by atoms with Crippen LogP contribution >= 0.6 is 0 Å². The average molecular weight is 358 g/mol. The molecule has 2 fully saturated rings. The molecule has 0 aromatic carbocycles. The molecule has 2 aliphatic rings. The molecule has 2 rings (SSSR count). The number of carbonyl (C=O) groups is 5. The lowest BCUT2D eigenvalue weighted by Crippen LogP contribution is -2.35. The van der Waals surface area contributed by atoms with Gasteiger partial charge in [0.25, 0.3) is 17.7 Å². The number of ether oxygens (including phenoxy) is 1. The number of hydrogen-bond donors (Lipinski definition) is 1. The molecule has 1 unspecified atom stereocenters. The lowest BCUT2D eigenvalue weighted by molar-refractivity contribution is -0.221. The lowest BCUT2D eigenvalue weighted by atomic mass is 10.4. The molecule has 2 aliphatic heterocycles. The average Bonchev–Trinajstić information content (AvgIpc) is 3.04. The van der Waals surface area contributed by atoms with E-state index >= 15 is 0 Å². The van der Waals surface area contributed by atoms with E-state index in [-0.39, 0.29) is 51.7 Å². The number of hydrogen-bond acceptors (Lipinski definition) is 9. The molecule has 2 saturated heterocycles. The summed E-state index contributed by atoms with van der Waals surface area (Å²) in [4.78, 5) is 66.2. The van der Waals surface area contributed by atoms with Crippen LogP contribution in [-0.4, -0.2) is 64.3 Å². The maximum Gasteiger partial charge on any atom is 0.335 e. The van der Waals surface area contributed by atoms with E-state index in [4.69, 9.17) is 9.57 Å². The molecule has 0 spiro atoms. The van der Waals surface area contributed by atoms with E-state index in [1.165, 1.54) is 0 Å². The first-order valence-electron chi connectivity index (χ1n) is 7.73. The second-order valence-electron chi connectivity index (χ2n) is 5.36. The molecule has 0 radical (unpaired) electrons. The van der Waals surface area contributed by atoms with Crippen molar-refractivity contribution in [1.82, 2.24) is 10.1 Å². The third kappa shape index (κ3) is 5.22. The van der Waals surface area contributed by atoms with Gasteiger partial charge in [-0.15, -0.1) is 10.1 Å². The van der Waals surface area contributed by atoms with Gasteiger partial charge in [-0.1, -0.05) is 0 Å². The highest BCUT2D eigenvalue weighted by Crippen LogP contribution is 2.17. The first-order valence-corrected chi connectivity index (χ1v) is 7.73. The SMILES string of the molecule is O=C(CCOCCC(=O)ON1C(=O)CCC1O)ON1C(=O)CCC1=O. The van der Waals surface area contributed by atoms with Crippen LogP contribution in [0.2, 0.25) is 0 Å². The first-order chi connectivity index (χ1) is 11.9. The van der Waals surface area contributed by atoms with Crippen molar-refractivity contribution in [2.45, 2.75) is 44.8 Å². The summed E-state index contributed by atoms with van der Waals surface area (Å²) in [5.41, 5.74) is 0. The molecular formula is C14H18N2O9. The highest BCUT2D eigenvalue weighted by atomic mass is 16.7. The lowest BCUT2D eigenvalue weighted by Gasteiger charge is -2.18. The maximum absolute atomic E-state index is 11.5. The molecule has 2 heterocycles. The number of hydroxylamine groups is 4. The quantitative estimate of drug-likeness (QED) is 0.418. The minimum absolute atomic E-state index is 0.0128. The van der Waals surface area contributed by atoms with E-state index in [0.717, 1.165) is 0 Å². The number of nitrogens with zero attached hydrogens (tertiary/aromatic N) is 2.